The number of amides is 1. The van der Waals surface area contributed by atoms with E-state index in [2.05, 4.69) is 10.3 Å². The molecule has 1 atom stereocenters. The Labute approximate surface area is 149 Å². The SMILES string of the molecule is Cc1ncc([N+](=O)[O-])cc1C(=O)N1CCNCC1c1cccc(Cl)c1. The predicted molar refractivity (Wildman–Crippen MR) is 93.7 cm³/mol. The summed E-state index contributed by atoms with van der Waals surface area (Å²) in [5, 5.41) is 14.9. The number of piperazine rings is 1. The quantitative estimate of drug-likeness (QED) is 0.671. The fourth-order valence-electron chi connectivity index (χ4n) is 2.95. The summed E-state index contributed by atoms with van der Waals surface area (Å²) < 4.78 is 0. The van der Waals surface area contributed by atoms with Crippen molar-refractivity contribution < 1.29 is 9.72 Å². The first-order valence-corrected chi connectivity index (χ1v) is 8.23. The Kier molecular flexibility index (Phi) is 4.96. The van der Waals surface area contributed by atoms with Crippen LogP contribution < -0.4 is 5.32 Å². The first-order chi connectivity index (χ1) is 12.0. The molecule has 2 heterocycles. The van der Waals surface area contributed by atoms with Crippen LogP contribution in [-0.4, -0.2) is 40.3 Å². The molecular formula is C17H17ClN4O3. The molecule has 130 valence electrons. The van der Waals surface area contributed by atoms with Crippen LogP contribution in [0.1, 0.15) is 27.7 Å². The lowest BCUT2D eigenvalue weighted by molar-refractivity contribution is -0.385. The maximum atomic E-state index is 13.1. The molecule has 1 unspecified atom stereocenters. The molecule has 1 aliphatic heterocycles. The van der Waals surface area contributed by atoms with Crippen LogP contribution in [0.3, 0.4) is 0 Å². The topological polar surface area (TPSA) is 88.4 Å². The number of hydrogen-bond donors (Lipinski definition) is 1. The predicted octanol–water partition coefficient (Wildman–Crippen LogP) is 2.74. The lowest BCUT2D eigenvalue weighted by Crippen LogP contribution is -2.48. The molecule has 1 aliphatic rings. The second kappa shape index (κ2) is 7.16. The first-order valence-electron chi connectivity index (χ1n) is 7.85. The highest BCUT2D eigenvalue weighted by molar-refractivity contribution is 6.30. The van der Waals surface area contributed by atoms with E-state index < -0.39 is 4.92 Å². The molecule has 1 N–H and O–H groups in total. The minimum atomic E-state index is -0.546. The van der Waals surface area contributed by atoms with Gasteiger partial charge in [0.05, 0.1) is 22.2 Å². The highest BCUT2D eigenvalue weighted by Crippen LogP contribution is 2.27. The molecule has 7 nitrogen and oxygen atoms in total. The van der Waals surface area contributed by atoms with Crippen molar-refractivity contribution in [1.29, 1.82) is 0 Å². The number of pyridine rings is 1. The molecule has 1 saturated heterocycles. The molecule has 0 saturated carbocycles. The average molecular weight is 361 g/mol. The Morgan fingerprint density at radius 2 is 2.24 bits per heavy atom. The third-order valence-electron chi connectivity index (χ3n) is 4.25. The van der Waals surface area contributed by atoms with Crippen LogP contribution in [0.25, 0.3) is 0 Å². The van der Waals surface area contributed by atoms with Crippen LogP contribution in [0, 0.1) is 17.0 Å². The smallest absolute Gasteiger partial charge is 0.288 e. The van der Waals surface area contributed by atoms with Crippen LogP contribution in [-0.2, 0) is 0 Å². The Morgan fingerprint density at radius 1 is 1.44 bits per heavy atom. The third kappa shape index (κ3) is 3.62. The zero-order chi connectivity index (χ0) is 18.0. The van der Waals surface area contributed by atoms with Crippen molar-refractivity contribution >= 4 is 23.2 Å². The maximum absolute atomic E-state index is 13.1. The number of nitrogens with zero attached hydrogens (tertiary/aromatic N) is 3. The van der Waals surface area contributed by atoms with Gasteiger partial charge in [0.1, 0.15) is 6.20 Å². The van der Waals surface area contributed by atoms with Crippen molar-refractivity contribution in [1.82, 2.24) is 15.2 Å². The molecule has 0 bridgehead atoms. The molecule has 3 rings (SSSR count). The van der Waals surface area contributed by atoms with E-state index in [1.54, 1.807) is 17.9 Å². The van der Waals surface area contributed by atoms with Gasteiger partial charge in [0.15, 0.2) is 0 Å². The monoisotopic (exact) mass is 360 g/mol. The normalized spacial score (nSPS) is 17.4. The third-order valence-corrected chi connectivity index (χ3v) is 4.49. The van der Waals surface area contributed by atoms with Gasteiger partial charge in [-0.25, -0.2) is 0 Å². The van der Waals surface area contributed by atoms with E-state index in [0.29, 0.717) is 30.4 Å². The number of nitrogens with one attached hydrogen (secondary N) is 1. The molecule has 0 radical (unpaired) electrons. The second-order valence-corrected chi connectivity index (χ2v) is 6.29. The number of aryl methyl sites for hydroxylation is 1. The standard InChI is InChI=1S/C17H17ClN4O3/c1-11-15(8-14(9-20-11)22(24)25)17(23)21-6-5-19-10-16(21)12-3-2-4-13(18)7-12/h2-4,7-9,16,19H,5-6,10H2,1H3. The van der Waals surface area contributed by atoms with Gasteiger partial charge in [0, 0.05) is 30.7 Å². The minimum Gasteiger partial charge on any atom is -0.329 e. The zero-order valence-corrected chi connectivity index (χ0v) is 14.4. The molecule has 1 aromatic carbocycles. The highest BCUT2D eigenvalue weighted by atomic mass is 35.5. The summed E-state index contributed by atoms with van der Waals surface area (Å²) in [6, 6.07) is 8.47. The molecule has 0 aliphatic carbocycles. The van der Waals surface area contributed by atoms with Gasteiger partial charge in [-0.05, 0) is 24.6 Å². The molecule has 25 heavy (non-hydrogen) atoms. The summed E-state index contributed by atoms with van der Waals surface area (Å²) in [5.74, 6) is -0.264. The molecule has 0 spiro atoms. The van der Waals surface area contributed by atoms with Gasteiger partial charge in [0.2, 0.25) is 0 Å². The van der Waals surface area contributed by atoms with Crippen LogP contribution in [0.15, 0.2) is 36.5 Å². The Hall–Kier alpha value is -2.51. The summed E-state index contributed by atoms with van der Waals surface area (Å²) in [6.45, 7) is 3.42. The van der Waals surface area contributed by atoms with Crippen LogP contribution in [0.5, 0.6) is 0 Å². The Morgan fingerprint density at radius 3 is 2.96 bits per heavy atom. The number of halogens is 1. The van der Waals surface area contributed by atoms with E-state index in [-0.39, 0.29) is 23.2 Å². The number of carbonyl (C=O) groups excluding carboxylic acids is 1. The van der Waals surface area contributed by atoms with E-state index in [0.717, 1.165) is 5.56 Å². The number of hydrogen-bond acceptors (Lipinski definition) is 5. The summed E-state index contributed by atoms with van der Waals surface area (Å²) in [6.07, 6.45) is 1.17. The molecule has 2 aromatic rings. The van der Waals surface area contributed by atoms with E-state index in [4.69, 9.17) is 11.6 Å². The molecular weight excluding hydrogens is 344 g/mol. The lowest BCUT2D eigenvalue weighted by atomic mass is 10.0. The molecule has 8 heteroatoms. The molecule has 1 amide bonds. The van der Waals surface area contributed by atoms with Crippen molar-refractivity contribution in [2.24, 2.45) is 0 Å². The van der Waals surface area contributed by atoms with Crippen molar-refractivity contribution in [2.75, 3.05) is 19.6 Å². The first kappa shape index (κ1) is 17.3. The van der Waals surface area contributed by atoms with Crippen molar-refractivity contribution in [2.45, 2.75) is 13.0 Å². The van der Waals surface area contributed by atoms with Gasteiger partial charge in [-0.2, -0.15) is 0 Å². The van der Waals surface area contributed by atoms with Crippen molar-refractivity contribution in [3.63, 3.8) is 0 Å². The van der Waals surface area contributed by atoms with Crippen LogP contribution >= 0.6 is 11.6 Å². The van der Waals surface area contributed by atoms with E-state index in [1.807, 2.05) is 18.2 Å². The number of rotatable bonds is 3. The van der Waals surface area contributed by atoms with Gasteiger partial charge in [0.25, 0.3) is 11.6 Å². The zero-order valence-electron chi connectivity index (χ0n) is 13.6. The number of aromatic nitrogens is 1. The fraction of sp³-hybridized carbons (Fsp3) is 0.294. The number of nitro groups is 1. The molecule has 1 fully saturated rings. The van der Waals surface area contributed by atoms with Gasteiger partial charge in [-0.15, -0.1) is 0 Å². The largest absolute Gasteiger partial charge is 0.329 e. The maximum Gasteiger partial charge on any atom is 0.288 e. The fourth-order valence-corrected chi connectivity index (χ4v) is 3.15. The summed E-state index contributed by atoms with van der Waals surface area (Å²) >= 11 is 6.08. The summed E-state index contributed by atoms with van der Waals surface area (Å²) in [5.41, 5.74) is 1.45. The van der Waals surface area contributed by atoms with E-state index in [9.17, 15) is 14.9 Å². The number of carbonyl (C=O) groups is 1. The molecule has 1 aromatic heterocycles. The van der Waals surface area contributed by atoms with Crippen LogP contribution in [0.4, 0.5) is 5.69 Å². The van der Waals surface area contributed by atoms with Crippen molar-refractivity contribution in [3.05, 3.63) is 68.5 Å². The van der Waals surface area contributed by atoms with Gasteiger partial charge < -0.3 is 10.2 Å². The Balaban J connectivity index is 1.96. The van der Waals surface area contributed by atoms with Crippen molar-refractivity contribution in [3.8, 4) is 0 Å². The van der Waals surface area contributed by atoms with Crippen LogP contribution in [0.2, 0.25) is 5.02 Å². The average Bonchev–Trinajstić information content (AvgIpc) is 2.61. The second-order valence-electron chi connectivity index (χ2n) is 5.86. The van der Waals surface area contributed by atoms with E-state index >= 15 is 0 Å². The van der Waals surface area contributed by atoms with Gasteiger partial charge >= 0.3 is 0 Å². The lowest BCUT2D eigenvalue weighted by Gasteiger charge is -2.36. The number of benzene rings is 1. The highest BCUT2D eigenvalue weighted by Gasteiger charge is 2.30. The summed E-state index contributed by atoms with van der Waals surface area (Å²) in [7, 11) is 0. The minimum absolute atomic E-state index is 0.191. The van der Waals surface area contributed by atoms with Gasteiger partial charge in [-0.1, -0.05) is 23.7 Å². The summed E-state index contributed by atoms with van der Waals surface area (Å²) in [4.78, 5) is 29.2. The van der Waals surface area contributed by atoms with E-state index in [1.165, 1.54) is 12.3 Å². The van der Waals surface area contributed by atoms with Gasteiger partial charge in [-0.3, -0.25) is 19.9 Å². The Bertz CT molecular complexity index is 827.